The fourth-order valence-electron chi connectivity index (χ4n) is 3.18. The van der Waals surface area contributed by atoms with E-state index in [1.54, 1.807) is 11.3 Å². The van der Waals surface area contributed by atoms with Crippen LogP contribution in [0.15, 0.2) is 15.2 Å². The van der Waals surface area contributed by atoms with Crippen molar-refractivity contribution in [1.82, 2.24) is 4.90 Å². The van der Waals surface area contributed by atoms with Gasteiger partial charge >= 0.3 is 0 Å². The van der Waals surface area contributed by atoms with E-state index in [1.165, 1.54) is 54.4 Å². The van der Waals surface area contributed by atoms with E-state index in [4.69, 9.17) is 0 Å². The lowest BCUT2D eigenvalue weighted by molar-refractivity contribution is 0.171. The van der Waals surface area contributed by atoms with E-state index in [0.717, 1.165) is 11.9 Å². The van der Waals surface area contributed by atoms with Gasteiger partial charge in [0.15, 0.2) is 0 Å². The van der Waals surface area contributed by atoms with Gasteiger partial charge in [0.2, 0.25) is 0 Å². The third-order valence-corrected chi connectivity index (χ3v) is 6.87. The molecule has 0 aromatic carbocycles. The third-order valence-electron chi connectivity index (χ3n) is 4.13. The lowest BCUT2D eigenvalue weighted by Crippen LogP contribution is -2.36. The molecule has 0 aliphatic heterocycles. The van der Waals surface area contributed by atoms with Gasteiger partial charge in [-0.25, -0.2) is 0 Å². The Hall–Kier alpha value is 0.620. The average Bonchev–Trinajstić information content (AvgIpc) is 2.65. The van der Waals surface area contributed by atoms with Crippen LogP contribution in [-0.4, -0.2) is 23.8 Å². The van der Waals surface area contributed by atoms with Gasteiger partial charge in [-0.2, -0.15) is 0 Å². The molecular formula is C15H23Br2NS. The highest BCUT2D eigenvalue weighted by Crippen LogP contribution is 2.37. The summed E-state index contributed by atoms with van der Waals surface area (Å²) in [5, 5.41) is 3.41. The van der Waals surface area contributed by atoms with Crippen LogP contribution in [0.4, 0.5) is 0 Å². The first-order valence-electron chi connectivity index (χ1n) is 7.11. The van der Waals surface area contributed by atoms with Gasteiger partial charge in [0.1, 0.15) is 0 Å². The first kappa shape index (κ1) is 16.0. The van der Waals surface area contributed by atoms with E-state index >= 15 is 0 Å². The maximum Gasteiger partial charge on any atom is 0.0701 e. The van der Waals surface area contributed by atoms with E-state index in [0.29, 0.717) is 5.41 Å². The smallest absolute Gasteiger partial charge is 0.0701 e. The third kappa shape index (κ3) is 4.83. The van der Waals surface area contributed by atoms with E-state index in [1.807, 2.05) is 0 Å². The number of alkyl halides is 1. The minimum absolute atomic E-state index is 0.499. The fourth-order valence-corrected chi connectivity index (χ4v) is 5.12. The summed E-state index contributed by atoms with van der Waals surface area (Å²) >= 11 is 9.12. The van der Waals surface area contributed by atoms with Crippen molar-refractivity contribution in [3.63, 3.8) is 0 Å². The molecule has 108 valence electrons. The predicted molar refractivity (Wildman–Crippen MR) is 92.3 cm³/mol. The minimum atomic E-state index is 0.499. The first-order chi connectivity index (χ1) is 9.13. The zero-order chi connectivity index (χ0) is 13.7. The van der Waals surface area contributed by atoms with Gasteiger partial charge in [-0.05, 0) is 58.2 Å². The van der Waals surface area contributed by atoms with Crippen LogP contribution in [0.5, 0.6) is 0 Å². The number of hydrogen-bond acceptors (Lipinski definition) is 2. The summed E-state index contributed by atoms with van der Waals surface area (Å²) in [5.41, 5.74) is 1.93. The second-order valence-electron chi connectivity index (χ2n) is 5.98. The molecule has 0 spiro atoms. The molecule has 0 bridgehead atoms. The van der Waals surface area contributed by atoms with Crippen LogP contribution < -0.4 is 0 Å². The number of halogens is 2. The van der Waals surface area contributed by atoms with Crippen LogP contribution in [0.2, 0.25) is 0 Å². The van der Waals surface area contributed by atoms with Crippen LogP contribution in [0.25, 0.3) is 0 Å². The van der Waals surface area contributed by atoms with Crippen LogP contribution in [0.1, 0.15) is 44.1 Å². The standard InChI is InChI=1S/C15H23Br2NS/c1-18(9-13-8-14(17)19-10-13)12-15(11-16)6-4-2-3-5-7-15/h8,10H,2-7,9,11-12H2,1H3. The van der Waals surface area contributed by atoms with Crippen molar-refractivity contribution in [3.05, 3.63) is 20.8 Å². The Morgan fingerprint density at radius 2 is 1.95 bits per heavy atom. The number of nitrogens with zero attached hydrogens (tertiary/aromatic N) is 1. The molecule has 0 N–H and O–H groups in total. The molecule has 0 radical (unpaired) electrons. The zero-order valence-corrected chi connectivity index (χ0v) is 15.6. The van der Waals surface area contributed by atoms with Crippen molar-refractivity contribution in [2.45, 2.75) is 45.1 Å². The van der Waals surface area contributed by atoms with Crippen molar-refractivity contribution < 1.29 is 0 Å². The Bertz CT molecular complexity index is 383. The number of hydrogen-bond donors (Lipinski definition) is 0. The average molecular weight is 409 g/mol. The molecule has 2 rings (SSSR count). The maximum absolute atomic E-state index is 3.79. The molecule has 1 aromatic rings. The SMILES string of the molecule is CN(Cc1csc(Br)c1)CC1(CBr)CCCCCC1. The first-order valence-corrected chi connectivity index (χ1v) is 9.90. The predicted octanol–water partition coefficient (Wildman–Crippen LogP) is 5.68. The largest absolute Gasteiger partial charge is 0.302 e. The van der Waals surface area contributed by atoms with Gasteiger partial charge < -0.3 is 4.90 Å². The molecule has 0 saturated heterocycles. The summed E-state index contributed by atoms with van der Waals surface area (Å²) in [4.78, 5) is 2.50. The van der Waals surface area contributed by atoms with Crippen LogP contribution in [0.3, 0.4) is 0 Å². The zero-order valence-electron chi connectivity index (χ0n) is 11.6. The Morgan fingerprint density at radius 1 is 1.26 bits per heavy atom. The molecule has 1 fully saturated rings. The Kier molecular flexibility index (Phi) is 6.38. The van der Waals surface area contributed by atoms with Crippen molar-refractivity contribution in [2.75, 3.05) is 18.9 Å². The Balaban J connectivity index is 1.93. The minimum Gasteiger partial charge on any atom is -0.302 e. The topological polar surface area (TPSA) is 3.24 Å². The molecule has 4 heteroatoms. The van der Waals surface area contributed by atoms with Crippen LogP contribution >= 0.6 is 43.2 Å². The van der Waals surface area contributed by atoms with E-state index in [9.17, 15) is 0 Å². The molecule has 19 heavy (non-hydrogen) atoms. The molecular weight excluding hydrogens is 386 g/mol. The van der Waals surface area contributed by atoms with Crippen molar-refractivity contribution in [2.24, 2.45) is 5.41 Å². The summed E-state index contributed by atoms with van der Waals surface area (Å²) in [5.74, 6) is 0. The quantitative estimate of drug-likeness (QED) is 0.447. The van der Waals surface area contributed by atoms with E-state index in [-0.39, 0.29) is 0 Å². The Morgan fingerprint density at radius 3 is 2.47 bits per heavy atom. The van der Waals surface area contributed by atoms with Crippen LogP contribution in [-0.2, 0) is 6.54 Å². The molecule has 1 heterocycles. The lowest BCUT2D eigenvalue weighted by atomic mass is 9.82. The van der Waals surface area contributed by atoms with Gasteiger partial charge in [0, 0.05) is 18.4 Å². The summed E-state index contributed by atoms with van der Waals surface area (Å²) in [6.45, 7) is 2.28. The van der Waals surface area contributed by atoms with E-state index in [2.05, 4.69) is 55.3 Å². The molecule has 1 aliphatic carbocycles. The highest BCUT2D eigenvalue weighted by Gasteiger charge is 2.31. The van der Waals surface area contributed by atoms with Gasteiger partial charge in [-0.1, -0.05) is 41.6 Å². The number of thiophene rings is 1. The van der Waals surface area contributed by atoms with Crippen LogP contribution in [0, 0.1) is 5.41 Å². The van der Waals surface area contributed by atoms with Gasteiger partial charge in [-0.3, -0.25) is 0 Å². The molecule has 1 aromatic heterocycles. The lowest BCUT2D eigenvalue weighted by Gasteiger charge is -2.35. The molecule has 0 atom stereocenters. The second-order valence-corrected chi connectivity index (χ2v) is 8.83. The summed E-state index contributed by atoms with van der Waals surface area (Å²) in [6, 6.07) is 2.25. The summed E-state index contributed by atoms with van der Waals surface area (Å²) in [7, 11) is 2.26. The molecule has 0 unspecified atom stereocenters. The maximum atomic E-state index is 3.79. The van der Waals surface area contributed by atoms with Crippen molar-refractivity contribution >= 4 is 43.2 Å². The summed E-state index contributed by atoms with van der Waals surface area (Å²) < 4.78 is 1.24. The van der Waals surface area contributed by atoms with Crippen molar-refractivity contribution in [1.29, 1.82) is 0 Å². The second kappa shape index (κ2) is 7.58. The van der Waals surface area contributed by atoms with Gasteiger partial charge in [0.05, 0.1) is 3.79 Å². The van der Waals surface area contributed by atoms with Gasteiger partial charge in [-0.15, -0.1) is 11.3 Å². The van der Waals surface area contributed by atoms with E-state index < -0.39 is 0 Å². The molecule has 1 aliphatic rings. The number of rotatable bonds is 5. The molecule has 0 amide bonds. The fraction of sp³-hybridized carbons (Fsp3) is 0.733. The molecule has 1 saturated carbocycles. The monoisotopic (exact) mass is 407 g/mol. The Labute approximate surface area is 138 Å². The molecule has 1 nitrogen and oxygen atoms in total. The normalized spacial score (nSPS) is 19.6. The highest BCUT2D eigenvalue weighted by molar-refractivity contribution is 9.11. The summed E-state index contributed by atoms with van der Waals surface area (Å²) in [6.07, 6.45) is 8.44. The van der Waals surface area contributed by atoms with Crippen molar-refractivity contribution in [3.8, 4) is 0 Å². The highest BCUT2D eigenvalue weighted by atomic mass is 79.9. The van der Waals surface area contributed by atoms with Gasteiger partial charge in [0.25, 0.3) is 0 Å².